The zero-order chi connectivity index (χ0) is 21.5. The van der Waals surface area contributed by atoms with Gasteiger partial charge in [-0.2, -0.15) is 0 Å². The molecule has 0 spiro atoms. The Balaban J connectivity index is 1.99. The molecule has 3 rings (SSSR count). The summed E-state index contributed by atoms with van der Waals surface area (Å²) in [6.07, 6.45) is 0. The number of hydrogen-bond acceptors (Lipinski definition) is 4. The number of carbonyl (C=O) groups is 2. The molecule has 0 radical (unpaired) electrons. The highest BCUT2D eigenvalue weighted by molar-refractivity contribution is 9.10. The Labute approximate surface area is 188 Å². The van der Waals surface area contributed by atoms with E-state index in [0.29, 0.717) is 16.3 Å². The Morgan fingerprint density at radius 3 is 2.43 bits per heavy atom. The number of ether oxygens (including phenoxy) is 1. The molecule has 0 bridgehead atoms. The van der Waals surface area contributed by atoms with E-state index in [1.807, 2.05) is 48.5 Å². The van der Waals surface area contributed by atoms with E-state index in [1.54, 1.807) is 24.3 Å². The van der Waals surface area contributed by atoms with Crippen molar-refractivity contribution in [3.8, 4) is 0 Å². The third-order valence-electron chi connectivity index (χ3n) is 4.50. The fourth-order valence-electron chi connectivity index (χ4n) is 3.03. The minimum absolute atomic E-state index is 0.0144. The summed E-state index contributed by atoms with van der Waals surface area (Å²) < 4.78 is 5.61. The van der Waals surface area contributed by atoms with Gasteiger partial charge in [0, 0.05) is 10.2 Å². The van der Waals surface area contributed by atoms with Crippen LogP contribution in [0.1, 0.15) is 27.5 Å². The summed E-state index contributed by atoms with van der Waals surface area (Å²) in [5.74, 6) is -0.698. The molecule has 1 atom stereocenters. The molecule has 0 aliphatic rings. The lowest BCUT2D eigenvalue weighted by Gasteiger charge is -2.23. The van der Waals surface area contributed by atoms with Crippen molar-refractivity contribution in [3.05, 3.63) is 99.0 Å². The highest BCUT2D eigenvalue weighted by Crippen LogP contribution is 2.32. The highest BCUT2D eigenvalue weighted by atomic mass is 79.9. The van der Waals surface area contributed by atoms with Gasteiger partial charge in [0.05, 0.1) is 30.3 Å². The van der Waals surface area contributed by atoms with E-state index < -0.39 is 0 Å². The second-order valence-corrected chi connectivity index (χ2v) is 7.79. The van der Waals surface area contributed by atoms with Crippen LogP contribution in [-0.4, -0.2) is 25.5 Å². The van der Waals surface area contributed by atoms with Gasteiger partial charge < -0.3 is 10.1 Å². The Morgan fingerprint density at radius 1 is 1.03 bits per heavy atom. The van der Waals surface area contributed by atoms with Gasteiger partial charge in [-0.3, -0.25) is 14.9 Å². The average Bonchev–Trinajstić information content (AvgIpc) is 2.76. The molecule has 0 fully saturated rings. The molecule has 7 heteroatoms. The Kier molecular flexibility index (Phi) is 7.63. The first kappa shape index (κ1) is 22.0. The number of methoxy groups -OCH3 is 1. The second-order valence-electron chi connectivity index (χ2n) is 6.47. The quantitative estimate of drug-likeness (QED) is 0.449. The van der Waals surface area contributed by atoms with Crippen LogP contribution in [-0.2, 0) is 9.53 Å². The summed E-state index contributed by atoms with van der Waals surface area (Å²) in [7, 11) is 1.34. The molecule has 154 valence electrons. The van der Waals surface area contributed by atoms with Crippen LogP contribution < -0.4 is 10.6 Å². The van der Waals surface area contributed by atoms with E-state index in [-0.39, 0.29) is 24.5 Å². The van der Waals surface area contributed by atoms with Crippen LogP contribution in [0.4, 0.5) is 5.69 Å². The summed E-state index contributed by atoms with van der Waals surface area (Å²) in [6, 6.07) is 21.7. The average molecular weight is 488 g/mol. The third-order valence-corrected chi connectivity index (χ3v) is 5.33. The van der Waals surface area contributed by atoms with Crippen molar-refractivity contribution >= 4 is 45.1 Å². The number of nitrogens with one attached hydrogen (secondary N) is 2. The van der Waals surface area contributed by atoms with Gasteiger partial charge in [-0.25, -0.2) is 0 Å². The summed E-state index contributed by atoms with van der Waals surface area (Å²) in [6.45, 7) is 0.0144. The van der Waals surface area contributed by atoms with Crippen molar-refractivity contribution in [2.45, 2.75) is 6.04 Å². The van der Waals surface area contributed by atoms with E-state index in [1.165, 1.54) is 7.11 Å². The predicted molar refractivity (Wildman–Crippen MR) is 122 cm³/mol. The van der Waals surface area contributed by atoms with Gasteiger partial charge >= 0.3 is 5.97 Å². The number of carbonyl (C=O) groups excluding carboxylic acids is 2. The van der Waals surface area contributed by atoms with Crippen molar-refractivity contribution < 1.29 is 14.3 Å². The van der Waals surface area contributed by atoms with Crippen molar-refractivity contribution in [2.75, 3.05) is 19.0 Å². The van der Waals surface area contributed by atoms with Crippen LogP contribution in [0.2, 0.25) is 5.02 Å². The molecule has 1 amide bonds. The monoisotopic (exact) mass is 486 g/mol. The number of amides is 1. The molecule has 3 aromatic rings. The Bertz CT molecular complexity index is 1040. The molecule has 0 aliphatic heterocycles. The highest BCUT2D eigenvalue weighted by Gasteiger charge is 2.21. The van der Waals surface area contributed by atoms with E-state index in [4.69, 9.17) is 16.3 Å². The van der Waals surface area contributed by atoms with Crippen molar-refractivity contribution in [1.82, 2.24) is 5.32 Å². The summed E-state index contributed by atoms with van der Waals surface area (Å²) in [5.41, 5.74) is 2.72. The lowest BCUT2D eigenvalue weighted by molar-refractivity contribution is -0.139. The van der Waals surface area contributed by atoms with E-state index in [0.717, 1.165) is 15.6 Å². The zero-order valence-electron chi connectivity index (χ0n) is 16.2. The largest absolute Gasteiger partial charge is 0.468 e. The van der Waals surface area contributed by atoms with E-state index >= 15 is 0 Å². The number of benzene rings is 3. The van der Waals surface area contributed by atoms with Gasteiger partial charge in [0.2, 0.25) is 0 Å². The summed E-state index contributed by atoms with van der Waals surface area (Å²) in [5, 5.41) is 6.54. The number of esters is 1. The molecule has 0 saturated carbocycles. The summed E-state index contributed by atoms with van der Waals surface area (Å²) >= 11 is 9.68. The molecule has 0 aliphatic carbocycles. The first-order valence-electron chi connectivity index (χ1n) is 9.20. The van der Waals surface area contributed by atoms with Crippen LogP contribution in [0.15, 0.2) is 77.3 Å². The zero-order valence-corrected chi connectivity index (χ0v) is 18.5. The SMILES string of the molecule is COC(=O)CNC(c1ccccc1)c1cc(Br)ccc1NC(=O)c1ccccc1Cl. The van der Waals surface area contributed by atoms with Crippen LogP contribution >= 0.6 is 27.5 Å². The normalized spacial score (nSPS) is 11.6. The smallest absolute Gasteiger partial charge is 0.319 e. The van der Waals surface area contributed by atoms with Gasteiger partial charge in [0.25, 0.3) is 5.91 Å². The molecular weight excluding hydrogens is 468 g/mol. The second kappa shape index (κ2) is 10.4. The molecule has 5 nitrogen and oxygen atoms in total. The third kappa shape index (κ3) is 5.48. The molecule has 0 aromatic heterocycles. The molecule has 0 heterocycles. The number of halogens is 2. The molecular formula is C23H20BrClN2O3. The van der Waals surface area contributed by atoms with Gasteiger partial charge in [0.15, 0.2) is 0 Å². The lowest BCUT2D eigenvalue weighted by Crippen LogP contribution is -2.30. The van der Waals surface area contributed by atoms with E-state index in [9.17, 15) is 9.59 Å². The van der Waals surface area contributed by atoms with Crippen LogP contribution in [0.5, 0.6) is 0 Å². The maximum Gasteiger partial charge on any atom is 0.319 e. The predicted octanol–water partition coefficient (Wildman–Crippen LogP) is 5.21. The molecule has 30 heavy (non-hydrogen) atoms. The fraction of sp³-hybridized carbons (Fsp3) is 0.130. The van der Waals surface area contributed by atoms with Crippen molar-refractivity contribution in [3.63, 3.8) is 0 Å². The topological polar surface area (TPSA) is 67.4 Å². The standard InChI is InChI=1S/C23H20BrClN2O3/c1-30-21(28)14-26-22(15-7-3-2-4-8-15)18-13-16(24)11-12-20(18)27-23(29)17-9-5-6-10-19(17)25/h2-13,22,26H,14H2,1H3,(H,27,29). The molecule has 1 unspecified atom stereocenters. The van der Waals surface area contributed by atoms with Gasteiger partial charge in [-0.1, -0.05) is 70.0 Å². The summed E-state index contributed by atoms with van der Waals surface area (Å²) in [4.78, 5) is 24.6. The van der Waals surface area contributed by atoms with Crippen molar-refractivity contribution in [1.29, 1.82) is 0 Å². The van der Waals surface area contributed by atoms with Gasteiger partial charge in [-0.15, -0.1) is 0 Å². The van der Waals surface area contributed by atoms with Crippen molar-refractivity contribution in [2.24, 2.45) is 0 Å². The number of rotatable bonds is 7. The lowest BCUT2D eigenvalue weighted by atomic mass is 9.96. The minimum Gasteiger partial charge on any atom is -0.468 e. The molecule has 3 aromatic carbocycles. The molecule has 0 saturated heterocycles. The van der Waals surface area contributed by atoms with E-state index in [2.05, 4.69) is 26.6 Å². The fourth-order valence-corrected chi connectivity index (χ4v) is 3.63. The van der Waals surface area contributed by atoms with Gasteiger partial charge in [0.1, 0.15) is 0 Å². The first-order chi connectivity index (χ1) is 14.5. The van der Waals surface area contributed by atoms with Crippen LogP contribution in [0, 0.1) is 0 Å². The number of hydrogen-bond donors (Lipinski definition) is 2. The van der Waals surface area contributed by atoms with Crippen LogP contribution in [0.25, 0.3) is 0 Å². The molecule has 2 N–H and O–H groups in total. The van der Waals surface area contributed by atoms with Gasteiger partial charge in [-0.05, 0) is 41.5 Å². The van der Waals surface area contributed by atoms with Crippen LogP contribution in [0.3, 0.4) is 0 Å². The maximum atomic E-state index is 12.8. The Morgan fingerprint density at radius 2 is 1.73 bits per heavy atom. The first-order valence-corrected chi connectivity index (χ1v) is 10.4. The Hall–Kier alpha value is -2.67. The minimum atomic E-state index is -0.382. The number of anilines is 1. The maximum absolute atomic E-state index is 12.8.